The number of nitrogens with one attached hydrogen (secondary N) is 1. The second-order valence-corrected chi connectivity index (χ2v) is 5.58. The number of rotatable bonds is 5. The average molecular weight is 254 g/mol. The molecule has 1 saturated heterocycles. The summed E-state index contributed by atoms with van der Waals surface area (Å²) in [6.45, 7) is 1.86. The van der Waals surface area contributed by atoms with Crippen LogP contribution in [0.5, 0.6) is 0 Å². The van der Waals surface area contributed by atoms with E-state index in [4.69, 9.17) is 0 Å². The third kappa shape index (κ3) is 3.89. The molecule has 1 heterocycles. The lowest BCUT2D eigenvalue weighted by Crippen LogP contribution is -2.35. The van der Waals surface area contributed by atoms with Crippen LogP contribution in [0.4, 0.5) is 10.1 Å². The van der Waals surface area contributed by atoms with Gasteiger partial charge in [-0.05, 0) is 37.4 Å². The first-order chi connectivity index (χ1) is 8.25. The van der Waals surface area contributed by atoms with E-state index < -0.39 is 0 Å². The minimum atomic E-state index is -0.185. The fourth-order valence-corrected chi connectivity index (χ4v) is 3.33. The number of anilines is 1. The monoisotopic (exact) mass is 254 g/mol. The second kappa shape index (κ2) is 6.26. The summed E-state index contributed by atoms with van der Waals surface area (Å²) in [4.78, 5) is 2.40. The highest BCUT2D eigenvalue weighted by molar-refractivity contribution is 7.99. The number of hydrogen-bond acceptors (Lipinski definition) is 3. The summed E-state index contributed by atoms with van der Waals surface area (Å²) < 4.78 is 12.9. The van der Waals surface area contributed by atoms with Crippen LogP contribution in [0.2, 0.25) is 0 Å². The van der Waals surface area contributed by atoms with Crippen molar-refractivity contribution in [2.24, 2.45) is 0 Å². The zero-order valence-electron chi connectivity index (χ0n) is 10.2. The topological polar surface area (TPSA) is 15.3 Å². The minimum absolute atomic E-state index is 0.185. The Kier molecular flexibility index (Phi) is 4.68. The lowest BCUT2D eigenvalue weighted by atomic mass is 10.2. The maximum Gasteiger partial charge on any atom is 0.125 e. The molecule has 1 aromatic carbocycles. The summed E-state index contributed by atoms with van der Waals surface area (Å²) in [5, 5.41) is 3.25. The van der Waals surface area contributed by atoms with E-state index in [1.54, 1.807) is 6.07 Å². The van der Waals surface area contributed by atoms with Gasteiger partial charge in [-0.15, -0.1) is 0 Å². The van der Waals surface area contributed by atoms with E-state index in [0.29, 0.717) is 6.04 Å². The maximum atomic E-state index is 12.9. The van der Waals surface area contributed by atoms with Crippen LogP contribution >= 0.6 is 11.8 Å². The Morgan fingerprint density at radius 2 is 2.41 bits per heavy atom. The fourth-order valence-electron chi connectivity index (χ4n) is 2.03. The molecule has 2 rings (SSSR count). The van der Waals surface area contributed by atoms with Gasteiger partial charge in [0.1, 0.15) is 5.82 Å². The molecule has 0 aliphatic carbocycles. The van der Waals surface area contributed by atoms with E-state index in [2.05, 4.69) is 17.3 Å². The summed E-state index contributed by atoms with van der Waals surface area (Å²) in [5.41, 5.74) is 0.860. The zero-order valence-corrected chi connectivity index (χ0v) is 11.0. The maximum absolute atomic E-state index is 12.9. The van der Waals surface area contributed by atoms with Crippen molar-refractivity contribution in [1.29, 1.82) is 0 Å². The van der Waals surface area contributed by atoms with Gasteiger partial charge in [-0.1, -0.05) is 6.07 Å². The Labute approximate surface area is 107 Å². The lowest BCUT2D eigenvalue weighted by Gasteiger charge is -2.23. The molecule has 0 radical (unpaired) electrons. The van der Waals surface area contributed by atoms with Crippen LogP contribution in [0.25, 0.3) is 0 Å². The number of halogens is 1. The van der Waals surface area contributed by atoms with Gasteiger partial charge in [0.15, 0.2) is 0 Å². The summed E-state index contributed by atoms with van der Waals surface area (Å²) >= 11 is 2.03. The van der Waals surface area contributed by atoms with Gasteiger partial charge in [-0.3, -0.25) is 0 Å². The Hall–Kier alpha value is -0.740. The average Bonchev–Trinajstić information content (AvgIpc) is 2.82. The smallest absolute Gasteiger partial charge is 0.125 e. The van der Waals surface area contributed by atoms with Gasteiger partial charge in [0.25, 0.3) is 0 Å². The molecule has 17 heavy (non-hydrogen) atoms. The van der Waals surface area contributed by atoms with E-state index in [0.717, 1.165) is 18.8 Å². The summed E-state index contributed by atoms with van der Waals surface area (Å²) in [5.74, 6) is 2.35. The van der Waals surface area contributed by atoms with Gasteiger partial charge >= 0.3 is 0 Å². The standard InChI is InChI=1S/C13H19FN2S/c1-16(13-5-8-17-10-13)7-6-15-12-4-2-3-11(14)9-12/h2-4,9,13,15H,5-8,10H2,1H3. The predicted octanol–water partition coefficient (Wildman–Crippen LogP) is 2.67. The lowest BCUT2D eigenvalue weighted by molar-refractivity contribution is 0.272. The van der Waals surface area contributed by atoms with Gasteiger partial charge in [0.05, 0.1) is 0 Å². The zero-order chi connectivity index (χ0) is 12.1. The van der Waals surface area contributed by atoms with Crippen LogP contribution in [0, 0.1) is 5.82 Å². The van der Waals surface area contributed by atoms with Gasteiger partial charge in [0, 0.05) is 30.6 Å². The van der Waals surface area contributed by atoms with Gasteiger partial charge < -0.3 is 10.2 Å². The molecule has 0 aromatic heterocycles. The van der Waals surface area contributed by atoms with Crippen LogP contribution in [-0.4, -0.2) is 42.6 Å². The molecule has 1 unspecified atom stereocenters. The number of thioether (sulfide) groups is 1. The Bertz CT molecular complexity index is 353. The molecule has 1 fully saturated rings. The first-order valence-corrected chi connectivity index (χ1v) is 7.18. The molecule has 2 nitrogen and oxygen atoms in total. The summed E-state index contributed by atoms with van der Waals surface area (Å²) in [6, 6.07) is 7.34. The fraction of sp³-hybridized carbons (Fsp3) is 0.538. The highest BCUT2D eigenvalue weighted by Gasteiger charge is 2.19. The van der Waals surface area contributed by atoms with Crippen molar-refractivity contribution in [1.82, 2.24) is 4.90 Å². The molecule has 1 N–H and O–H groups in total. The van der Waals surface area contributed by atoms with Crippen molar-refractivity contribution in [3.05, 3.63) is 30.1 Å². The highest BCUT2D eigenvalue weighted by atomic mass is 32.2. The summed E-state index contributed by atoms with van der Waals surface area (Å²) in [6.07, 6.45) is 1.29. The molecule has 4 heteroatoms. The number of benzene rings is 1. The van der Waals surface area contributed by atoms with Gasteiger partial charge in [0.2, 0.25) is 0 Å². The molecule has 94 valence electrons. The van der Waals surface area contributed by atoms with Crippen LogP contribution in [0.3, 0.4) is 0 Å². The van der Waals surface area contributed by atoms with E-state index in [9.17, 15) is 4.39 Å². The molecule has 1 aromatic rings. The molecular weight excluding hydrogens is 235 g/mol. The number of hydrogen-bond donors (Lipinski definition) is 1. The predicted molar refractivity (Wildman–Crippen MR) is 73.2 cm³/mol. The number of nitrogens with zero attached hydrogens (tertiary/aromatic N) is 1. The molecule has 1 atom stereocenters. The first-order valence-electron chi connectivity index (χ1n) is 6.03. The quantitative estimate of drug-likeness (QED) is 0.869. The number of likely N-dealkylation sites (N-methyl/N-ethyl adjacent to an activating group) is 1. The van der Waals surface area contributed by atoms with Crippen LogP contribution < -0.4 is 5.32 Å². The SMILES string of the molecule is CN(CCNc1cccc(F)c1)C1CCSC1. The molecule has 0 saturated carbocycles. The molecule has 0 spiro atoms. The third-order valence-corrected chi connectivity index (χ3v) is 4.29. The molecule has 1 aliphatic heterocycles. The normalized spacial score (nSPS) is 19.8. The van der Waals surface area contributed by atoms with Crippen molar-refractivity contribution in [2.75, 3.05) is 37.0 Å². The summed E-state index contributed by atoms with van der Waals surface area (Å²) in [7, 11) is 2.17. The van der Waals surface area contributed by atoms with Crippen molar-refractivity contribution in [3.8, 4) is 0 Å². The largest absolute Gasteiger partial charge is 0.384 e. The molecule has 0 amide bonds. The van der Waals surface area contributed by atoms with Crippen molar-refractivity contribution < 1.29 is 4.39 Å². The Balaban J connectivity index is 1.71. The van der Waals surface area contributed by atoms with Crippen molar-refractivity contribution >= 4 is 17.4 Å². The van der Waals surface area contributed by atoms with E-state index in [1.807, 2.05) is 17.8 Å². The van der Waals surface area contributed by atoms with Crippen molar-refractivity contribution in [2.45, 2.75) is 12.5 Å². The second-order valence-electron chi connectivity index (χ2n) is 4.44. The molecule has 0 bridgehead atoms. The van der Waals surface area contributed by atoms with Gasteiger partial charge in [-0.2, -0.15) is 11.8 Å². The Morgan fingerprint density at radius 3 is 3.12 bits per heavy atom. The van der Waals surface area contributed by atoms with Crippen LogP contribution in [0.1, 0.15) is 6.42 Å². The van der Waals surface area contributed by atoms with Crippen molar-refractivity contribution in [3.63, 3.8) is 0 Å². The van der Waals surface area contributed by atoms with E-state index in [1.165, 1.54) is 30.1 Å². The van der Waals surface area contributed by atoms with Crippen LogP contribution in [0.15, 0.2) is 24.3 Å². The highest BCUT2D eigenvalue weighted by Crippen LogP contribution is 2.21. The van der Waals surface area contributed by atoms with E-state index >= 15 is 0 Å². The third-order valence-electron chi connectivity index (χ3n) is 3.15. The molecular formula is C13H19FN2S. The molecule has 1 aliphatic rings. The van der Waals surface area contributed by atoms with Gasteiger partial charge in [-0.25, -0.2) is 4.39 Å². The van der Waals surface area contributed by atoms with Crippen LogP contribution in [-0.2, 0) is 0 Å². The minimum Gasteiger partial charge on any atom is -0.384 e. The van der Waals surface area contributed by atoms with E-state index in [-0.39, 0.29) is 5.82 Å². The first kappa shape index (κ1) is 12.7. The Morgan fingerprint density at radius 1 is 1.53 bits per heavy atom.